The third kappa shape index (κ3) is 5.74. The number of carbonyl (C=O) groups is 1. The Kier molecular flexibility index (Phi) is 7.33. The van der Waals surface area contributed by atoms with Crippen LogP contribution in [0.3, 0.4) is 0 Å². The summed E-state index contributed by atoms with van der Waals surface area (Å²) in [5.74, 6) is 1.53. The average molecular weight is 405 g/mol. The second-order valence-corrected chi connectivity index (χ2v) is 6.72. The van der Waals surface area contributed by atoms with Crippen LogP contribution in [-0.2, 0) is 4.74 Å². The maximum absolute atomic E-state index is 12.0. The number of rotatable bonds is 7. The molecule has 1 aliphatic rings. The number of para-hydroxylation sites is 2. The van der Waals surface area contributed by atoms with Gasteiger partial charge in [0.05, 0.1) is 12.3 Å². The molecule has 1 fully saturated rings. The SMILES string of the molecule is CCOc1ccccc1NC(=O)OCCN1CCN(c2cccc(Cl)n2)CC1. The predicted molar refractivity (Wildman–Crippen MR) is 110 cm³/mol. The van der Waals surface area contributed by atoms with Gasteiger partial charge in [0.15, 0.2) is 0 Å². The molecule has 0 atom stereocenters. The van der Waals surface area contributed by atoms with E-state index in [0.717, 1.165) is 32.0 Å². The molecule has 150 valence electrons. The fourth-order valence-corrected chi connectivity index (χ4v) is 3.20. The molecule has 2 aromatic rings. The van der Waals surface area contributed by atoms with Gasteiger partial charge >= 0.3 is 6.09 Å². The minimum atomic E-state index is -0.478. The van der Waals surface area contributed by atoms with Gasteiger partial charge in [0.25, 0.3) is 0 Å². The van der Waals surface area contributed by atoms with E-state index in [9.17, 15) is 4.79 Å². The van der Waals surface area contributed by atoms with Crippen LogP contribution in [0.15, 0.2) is 42.5 Å². The average Bonchev–Trinajstić information content (AvgIpc) is 2.70. The normalized spacial score (nSPS) is 14.6. The highest BCUT2D eigenvalue weighted by Crippen LogP contribution is 2.23. The van der Waals surface area contributed by atoms with Crippen molar-refractivity contribution in [1.29, 1.82) is 0 Å². The lowest BCUT2D eigenvalue weighted by Gasteiger charge is -2.35. The summed E-state index contributed by atoms with van der Waals surface area (Å²) in [4.78, 5) is 20.9. The van der Waals surface area contributed by atoms with Crippen LogP contribution in [-0.4, -0.2) is 61.9 Å². The number of nitrogens with zero attached hydrogens (tertiary/aromatic N) is 3. The monoisotopic (exact) mass is 404 g/mol. The van der Waals surface area contributed by atoms with Crippen LogP contribution in [0.5, 0.6) is 5.75 Å². The van der Waals surface area contributed by atoms with Gasteiger partial charge in [-0.05, 0) is 31.2 Å². The summed E-state index contributed by atoms with van der Waals surface area (Å²) in [5.41, 5.74) is 0.608. The Labute approximate surface area is 170 Å². The van der Waals surface area contributed by atoms with Gasteiger partial charge in [0.2, 0.25) is 0 Å². The Morgan fingerprint density at radius 2 is 1.93 bits per heavy atom. The van der Waals surface area contributed by atoms with Crippen molar-refractivity contribution < 1.29 is 14.3 Å². The first kappa shape index (κ1) is 20.2. The van der Waals surface area contributed by atoms with Crippen molar-refractivity contribution in [3.63, 3.8) is 0 Å². The number of amides is 1. The van der Waals surface area contributed by atoms with Crippen molar-refractivity contribution in [3.8, 4) is 5.75 Å². The number of benzene rings is 1. The highest BCUT2D eigenvalue weighted by molar-refractivity contribution is 6.29. The quantitative estimate of drug-likeness (QED) is 0.712. The van der Waals surface area contributed by atoms with Crippen LogP contribution in [0.2, 0.25) is 5.15 Å². The topological polar surface area (TPSA) is 66.9 Å². The standard InChI is InChI=1S/C20H25ClN4O3/c1-2-27-17-7-4-3-6-16(17)22-20(26)28-15-14-24-10-12-25(13-11-24)19-9-5-8-18(21)23-19/h3-9H,2,10-15H2,1H3,(H,22,26). The molecule has 0 spiro atoms. The zero-order valence-electron chi connectivity index (χ0n) is 15.9. The molecule has 2 heterocycles. The Morgan fingerprint density at radius 3 is 2.68 bits per heavy atom. The number of hydrogen-bond donors (Lipinski definition) is 1. The summed E-state index contributed by atoms with van der Waals surface area (Å²) in [7, 11) is 0. The zero-order valence-corrected chi connectivity index (χ0v) is 16.7. The molecule has 1 aliphatic heterocycles. The number of hydrogen-bond acceptors (Lipinski definition) is 6. The van der Waals surface area contributed by atoms with Gasteiger partial charge in [-0.25, -0.2) is 9.78 Å². The Balaban J connectivity index is 1.38. The number of halogens is 1. The maximum Gasteiger partial charge on any atom is 0.411 e. The van der Waals surface area contributed by atoms with Gasteiger partial charge < -0.3 is 14.4 Å². The second-order valence-electron chi connectivity index (χ2n) is 6.34. The number of aromatic nitrogens is 1. The Bertz CT molecular complexity index is 782. The number of piperazine rings is 1. The van der Waals surface area contributed by atoms with Gasteiger partial charge in [0.1, 0.15) is 23.3 Å². The minimum Gasteiger partial charge on any atom is -0.492 e. The number of ether oxygens (including phenoxy) is 2. The molecule has 7 nitrogen and oxygen atoms in total. The van der Waals surface area contributed by atoms with Gasteiger partial charge in [-0.3, -0.25) is 10.2 Å². The fourth-order valence-electron chi connectivity index (χ4n) is 3.04. The van der Waals surface area contributed by atoms with Crippen LogP contribution in [0.4, 0.5) is 16.3 Å². The first-order valence-corrected chi connectivity index (χ1v) is 9.79. The molecule has 0 saturated carbocycles. The molecule has 0 unspecified atom stereocenters. The van der Waals surface area contributed by atoms with E-state index in [-0.39, 0.29) is 0 Å². The van der Waals surface area contributed by atoms with E-state index in [4.69, 9.17) is 21.1 Å². The first-order valence-electron chi connectivity index (χ1n) is 9.41. The van der Waals surface area contributed by atoms with E-state index >= 15 is 0 Å². The predicted octanol–water partition coefficient (Wildman–Crippen LogP) is 3.50. The molecule has 0 aliphatic carbocycles. The van der Waals surface area contributed by atoms with Crippen molar-refractivity contribution in [2.45, 2.75) is 6.92 Å². The molecule has 1 N–H and O–H groups in total. The highest BCUT2D eigenvalue weighted by atomic mass is 35.5. The molecule has 1 saturated heterocycles. The number of pyridine rings is 1. The molecule has 1 aromatic heterocycles. The van der Waals surface area contributed by atoms with E-state index in [2.05, 4.69) is 20.1 Å². The second kappa shape index (κ2) is 10.1. The van der Waals surface area contributed by atoms with Gasteiger partial charge in [-0.1, -0.05) is 29.8 Å². The molecule has 3 rings (SSSR count). The summed E-state index contributed by atoms with van der Waals surface area (Å²) in [6, 6.07) is 13.0. The van der Waals surface area contributed by atoms with Gasteiger partial charge in [-0.2, -0.15) is 0 Å². The van der Waals surface area contributed by atoms with Crippen molar-refractivity contribution >= 4 is 29.2 Å². The van der Waals surface area contributed by atoms with Crippen molar-refractivity contribution in [3.05, 3.63) is 47.6 Å². The number of carbonyl (C=O) groups excluding carboxylic acids is 1. The van der Waals surface area contributed by atoms with Gasteiger partial charge in [0, 0.05) is 32.7 Å². The van der Waals surface area contributed by atoms with Crippen LogP contribution < -0.4 is 15.0 Å². The fraction of sp³-hybridized carbons (Fsp3) is 0.400. The van der Waals surface area contributed by atoms with Crippen molar-refractivity contribution in [1.82, 2.24) is 9.88 Å². The first-order chi connectivity index (χ1) is 13.7. The third-order valence-electron chi connectivity index (χ3n) is 4.46. The molecule has 1 amide bonds. The van der Waals surface area contributed by atoms with E-state index < -0.39 is 6.09 Å². The Hall–Kier alpha value is -2.51. The molecular formula is C20H25ClN4O3. The summed E-state index contributed by atoms with van der Waals surface area (Å²) >= 11 is 5.97. The number of anilines is 2. The smallest absolute Gasteiger partial charge is 0.411 e. The van der Waals surface area contributed by atoms with Crippen molar-refractivity contribution in [2.75, 3.05) is 56.2 Å². The van der Waals surface area contributed by atoms with Crippen molar-refractivity contribution in [2.24, 2.45) is 0 Å². The molecule has 8 heteroatoms. The van der Waals surface area contributed by atoms with Crippen LogP contribution in [0.1, 0.15) is 6.92 Å². The van der Waals surface area contributed by atoms with E-state index in [1.807, 2.05) is 37.3 Å². The van der Waals surface area contributed by atoms with Crippen LogP contribution >= 0.6 is 11.6 Å². The molecule has 0 radical (unpaired) electrons. The summed E-state index contributed by atoms with van der Waals surface area (Å²) in [6.07, 6.45) is -0.478. The maximum atomic E-state index is 12.0. The van der Waals surface area contributed by atoms with Crippen LogP contribution in [0.25, 0.3) is 0 Å². The minimum absolute atomic E-state index is 0.331. The lowest BCUT2D eigenvalue weighted by atomic mass is 10.3. The summed E-state index contributed by atoms with van der Waals surface area (Å²) in [5, 5.41) is 3.24. The van der Waals surface area contributed by atoms with E-state index in [1.54, 1.807) is 12.1 Å². The molecule has 28 heavy (non-hydrogen) atoms. The molecule has 1 aromatic carbocycles. The summed E-state index contributed by atoms with van der Waals surface area (Å²) in [6.45, 7) is 6.94. The largest absolute Gasteiger partial charge is 0.492 e. The third-order valence-corrected chi connectivity index (χ3v) is 4.67. The highest BCUT2D eigenvalue weighted by Gasteiger charge is 2.18. The van der Waals surface area contributed by atoms with E-state index in [0.29, 0.717) is 36.3 Å². The lowest BCUT2D eigenvalue weighted by molar-refractivity contribution is 0.137. The number of nitrogens with one attached hydrogen (secondary N) is 1. The lowest BCUT2D eigenvalue weighted by Crippen LogP contribution is -2.47. The molecule has 0 bridgehead atoms. The van der Waals surface area contributed by atoms with Gasteiger partial charge in [-0.15, -0.1) is 0 Å². The van der Waals surface area contributed by atoms with Crippen LogP contribution in [0, 0.1) is 0 Å². The Morgan fingerprint density at radius 1 is 1.14 bits per heavy atom. The molecular weight excluding hydrogens is 380 g/mol. The zero-order chi connectivity index (χ0) is 19.8. The summed E-state index contributed by atoms with van der Waals surface area (Å²) < 4.78 is 10.8. The van der Waals surface area contributed by atoms with E-state index in [1.165, 1.54) is 0 Å².